The summed E-state index contributed by atoms with van der Waals surface area (Å²) in [5, 5.41) is 9.51. The molecule has 3 rings (SSSR count). The second kappa shape index (κ2) is 5.80. The SMILES string of the molecule is C=CCn1cc(C(=O)O)c(=O)c2ccc(-c3ncncn3)cc21. The minimum Gasteiger partial charge on any atom is -0.477 e. The van der Waals surface area contributed by atoms with Crippen LogP contribution < -0.4 is 5.43 Å². The Kier molecular flexibility index (Phi) is 3.68. The van der Waals surface area contributed by atoms with Gasteiger partial charge < -0.3 is 9.67 Å². The number of allylic oxidation sites excluding steroid dienone is 1. The lowest BCUT2D eigenvalue weighted by Crippen LogP contribution is -2.18. The number of pyridine rings is 1. The van der Waals surface area contributed by atoms with Gasteiger partial charge in [0.15, 0.2) is 5.82 Å². The molecule has 3 aromatic rings. The lowest BCUT2D eigenvalue weighted by molar-refractivity contribution is 0.0695. The maximum absolute atomic E-state index is 12.3. The van der Waals surface area contributed by atoms with Crippen LogP contribution in [0.3, 0.4) is 0 Å². The summed E-state index contributed by atoms with van der Waals surface area (Å²) in [6.45, 7) is 4.03. The molecule has 7 heteroatoms. The molecule has 0 saturated heterocycles. The molecule has 0 saturated carbocycles. The van der Waals surface area contributed by atoms with E-state index in [9.17, 15) is 14.7 Å². The minimum atomic E-state index is -1.25. The molecule has 1 N–H and O–H groups in total. The molecule has 0 bridgehead atoms. The molecule has 0 aliphatic heterocycles. The molecule has 114 valence electrons. The third-order valence-corrected chi connectivity index (χ3v) is 3.39. The fourth-order valence-electron chi connectivity index (χ4n) is 2.36. The number of hydrogen-bond acceptors (Lipinski definition) is 5. The van der Waals surface area contributed by atoms with E-state index in [0.717, 1.165) is 0 Å². The van der Waals surface area contributed by atoms with Crippen molar-refractivity contribution in [2.75, 3.05) is 0 Å². The van der Waals surface area contributed by atoms with Gasteiger partial charge in [0, 0.05) is 23.7 Å². The first kappa shape index (κ1) is 14.6. The van der Waals surface area contributed by atoms with Crippen LogP contribution in [0.15, 0.2) is 54.5 Å². The van der Waals surface area contributed by atoms with Crippen LogP contribution in [-0.2, 0) is 6.54 Å². The number of benzene rings is 1. The topological polar surface area (TPSA) is 98.0 Å². The van der Waals surface area contributed by atoms with E-state index in [1.54, 1.807) is 28.8 Å². The van der Waals surface area contributed by atoms with Crippen LogP contribution in [0.4, 0.5) is 0 Å². The Hall–Kier alpha value is -3.35. The number of fused-ring (bicyclic) bond motifs is 1. The monoisotopic (exact) mass is 308 g/mol. The highest BCUT2D eigenvalue weighted by molar-refractivity contribution is 5.93. The number of carbonyl (C=O) groups is 1. The first-order valence-electron chi connectivity index (χ1n) is 6.75. The molecule has 0 amide bonds. The molecule has 0 radical (unpaired) electrons. The summed E-state index contributed by atoms with van der Waals surface area (Å²) in [4.78, 5) is 35.5. The Labute approximate surface area is 130 Å². The number of hydrogen-bond donors (Lipinski definition) is 1. The molecule has 2 aromatic heterocycles. The lowest BCUT2D eigenvalue weighted by atomic mass is 10.1. The largest absolute Gasteiger partial charge is 0.477 e. The number of carboxylic acids is 1. The van der Waals surface area contributed by atoms with Crippen molar-refractivity contribution in [1.29, 1.82) is 0 Å². The molecule has 0 aliphatic carbocycles. The van der Waals surface area contributed by atoms with Crippen LogP contribution in [0.5, 0.6) is 0 Å². The van der Waals surface area contributed by atoms with E-state index in [2.05, 4.69) is 21.5 Å². The summed E-state index contributed by atoms with van der Waals surface area (Å²) in [5.41, 5.74) is 0.514. The normalized spacial score (nSPS) is 10.6. The fraction of sp³-hybridized carbons (Fsp3) is 0.0625. The third kappa shape index (κ3) is 2.59. The molecule has 1 aromatic carbocycles. The van der Waals surface area contributed by atoms with Gasteiger partial charge in [0.05, 0.1) is 5.52 Å². The highest BCUT2D eigenvalue weighted by Crippen LogP contribution is 2.20. The Morgan fingerprint density at radius 2 is 2.04 bits per heavy atom. The van der Waals surface area contributed by atoms with E-state index in [-0.39, 0.29) is 5.56 Å². The molecular formula is C16H12N4O3. The van der Waals surface area contributed by atoms with E-state index in [4.69, 9.17) is 0 Å². The van der Waals surface area contributed by atoms with Gasteiger partial charge in [-0.05, 0) is 12.1 Å². The average Bonchev–Trinajstić information content (AvgIpc) is 2.57. The second-order valence-corrected chi connectivity index (χ2v) is 4.81. The Balaban J connectivity index is 2.32. The van der Waals surface area contributed by atoms with Gasteiger partial charge in [0.2, 0.25) is 5.43 Å². The van der Waals surface area contributed by atoms with Crippen molar-refractivity contribution in [3.63, 3.8) is 0 Å². The number of rotatable bonds is 4. The first-order valence-corrected chi connectivity index (χ1v) is 6.75. The zero-order chi connectivity index (χ0) is 16.4. The fourth-order valence-corrected chi connectivity index (χ4v) is 2.36. The zero-order valence-corrected chi connectivity index (χ0v) is 12.0. The maximum atomic E-state index is 12.3. The van der Waals surface area contributed by atoms with E-state index in [1.165, 1.54) is 18.9 Å². The van der Waals surface area contributed by atoms with E-state index >= 15 is 0 Å². The summed E-state index contributed by atoms with van der Waals surface area (Å²) in [5.74, 6) is -0.780. The highest BCUT2D eigenvalue weighted by Gasteiger charge is 2.15. The predicted molar refractivity (Wildman–Crippen MR) is 84.2 cm³/mol. The van der Waals surface area contributed by atoms with Gasteiger partial charge in [0.25, 0.3) is 0 Å². The van der Waals surface area contributed by atoms with Gasteiger partial charge >= 0.3 is 5.97 Å². The minimum absolute atomic E-state index is 0.271. The van der Waals surface area contributed by atoms with Gasteiger partial charge in [-0.1, -0.05) is 12.1 Å². The van der Waals surface area contributed by atoms with Crippen molar-refractivity contribution >= 4 is 16.9 Å². The summed E-state index contributed by atoms with van der Waals surface area (Å²) >= 11 is 0. The number of nitrogens with zero attached hydrogens (tertiary/aromatic N) is 4. The number of aromatic nitrogens is 4. The number of carboxylic acid groups (broad SMARTS) is 1. The summed E-state index contributed by atoms with van der Waals surface area (Å²) < 4.78 is 1.66. The van der Waals surface area contributed by atoms with Crippen LogP contribution >= 0.6 is 0 Å². The molecule has 0 atom stereocenters. The smallest absolute Gasteiger partial charge is 0.341 e. The maximum Gasteiger partial charge on any atom is 0.341 e. The van der Waals surface area contributed by atoms with E-state index < -0.39 is 11.4 Å². The molecule has 2 heterocycles. The quantitative estimate of drug-likeness (QED) is 0.737. The van der Waals surface area contributed by atoms with Crippen LogP contribution in [-0.4, -0.2) is 30.6 Å². The van der Waals surface area contributed by atoms with E-state index in [1.807, 2.05) is 0 Å². The summed E-state index contributed by atoms with van der Waals surface area (Å²) in [7, 11) is 0. The molecular weight excluding hydrogens is 296 g/mol. The van der Waals surface area contributed by atoms with Gasteiger partial charge in [-0.2, -0.15) is 0 Å². The third-order valence-electron chi connectivity index (χ3n) is 3.39. The highest BCUT2D eigenvalue weighted by atomic mass is 16.4. The molecule has 0 fully saturated rings. The van der Waals surface area contributed by atoms with Crippen molar-refractivity contribution in [2.24, 2.45) is 0 Å². The van der Waals surface area contributed by atoms with Gasteiger partial charge in [-0.3, -0.25) is 4.79 Å². The summed E-state index contributed by atoms with van der Waals surface area (Å²) in [6, 6.07) is 5.02. The van der Waals surface area contributed by atoms with Crippen molar-refractivity contribution < 1.29 is 9.90 Å². The Morgan fingerprint density at radius 3 is 2.70 bits per heavy atom. The molecule has 23 heavy (non-hydrogen) atoms. The van der Waals surface area contributed by atoms with Crippen molar-refractivity contribution in [3.8, 4) is 11.4 Å². The summed E-state index contributed by atoms with van der Waals surface area (Å²) in [6.07, 6.45) is 5.73. The zero-order valence-electron chi connectivity index (χ0n) is 12.0. The van der Waals surface area contributed by atoms with Crippen LogP contribution in [0, 0.1) is 0 Å². The molecule has 0 aliphatic rings. The van der Waals surface area contributed by atoms with Crippen molar-refractivity contribution in [2.45, 2.75) is 6.54 Å². The Bertz CT molecular complexity index is 964. The predicted octanol–water partition coefficient (Wildman–Crippen LogP) is 1.74. The van der Waals surface area contributed by atoms with Crippen molar-refractivity contribution in [1.82, 2.24) is 19.5 Å². The Morgan fingerprint density at radius 1 is 1.30 bits per heavy atom. The van der Waals surface area contributed by atoms with Crippen LogP contribution in [0.1, 0.15) is 10.4 Å². The van der Waals surface area contributed by atoms with Gasteiger partial charge in [0.1, 0.15) is 18.2 Å². The number of aromatic carboxylic acids is 1. The molecule has 0 unspecified atom stereocenters. The van der Waals surface area contributed by atoms with E-state index in [0.29, 0.717) is 28.8 Å². The van der Waals surface area contributed by atoms with Crippen LogP contribution in [0.25, 0.3) is 22.3 Å². The van der Waals surface area contributed by atoms with Crippen LogP contribution in [0.2, 0.25) is 0 Å². The van der Waals surface area contributed by atoms with Gasteiger partial charge in [-0.25, -0.2) is 19.7 Å². The first-order chi connectivity index (χ1) is 11.1. The standard InChI is InChI=1S/C16H12N4O3/c1-2-5-20-7-12(16(22)23)14(21)11-4-3-10(6-13(11)20)15-18-8-17-9-19-15/h2-4,6-9H,1,5H2,(H,22,23). The average molecular weight is 308 g/mol. The second-order valence-electron chi connectivity index (χ2n) is 4.81. The van der Waals surface area contributed by atoms with Gasteiger partial charge in [-0.15, -0.1) is 6.58 Å². The molecule has 0 spiro atoms. The molecule has 7 nitrogen and oxygen atoms in total. The van der Waals surface area contributed by atoms with Crippen molar-refractivity contribution in [3.05, 3.63) is 65.5 Å². The lowest BCUT2D eigenvalue weighted by Gasteiger charge is -2.11.